The Balaban J connectivity index is 1.00. The van der Waals surface area contributed by atoms with E-state index in [9.17, 15) is 54.6 Å². The van der Waals surface area contributed by atoms with Crippen molar-refractivity contribution in [3.63, 3.8) is 0 Å². The van der Waals surface area contributed by atoms with E-state index in [4.69, 9.17) is 35.5 Å². The Labute approximate surface area is 477 Å². The van der Waals surface area contributed by atoms with Gasteiger partial charge in [-0.25, -0.2) is 9.18 Å². The highest BCUT2D eigenvalue weighted by Gasteiger charge is 2.50. The number of nitrogens with zero attached hydrogens (tertiary/aromatic N) is 5. The van der Waals surface area contributed by atoms with E-state index in [0.717, 1.165) is 48.6 Å². The third-order valence-electron chi connectivity index (χ3n) is 17.0. The Morgan fingerprint density at radius 1 is 0.940 bits per heavy atom. The van der Waals surface area contributed by atoms with Gasteiger partial charge in [0.25, 0.3) is 17.2 Å². The number of amides is 1. The van der Waals surface area contributed by atoms with E-state index in [1.807, 2.05) is 4.90 Å². The second-order valence-electron chi connectivity index (χ2n) is 22.7. The van der Waals surface area contributed by atoms with Crippen molar-refractivity contribution in [1.82, 2.24) is 14.3 Å². The number of ketones is 1. The number of Topliss-reactive ketones (excluding diaryl/α,β-unsaturated/α-hetero) is 1. The maximum absolute atomic E-state index is 16.1. The number of aromatic hydroxyl groups is 3. The molecule has 11 N–H and O–H groups in total. The lowest BCUT2D eigenvalue weighted by Crippen LogP contribution is -2.60. The molecule has 6 aliphatic rings. The van der Waals surface area contributed by atoms with Crippen LogP contribution in [0.15, 0.2) is 58.3 Å². The number of aliphatic hydroxyl groups excluding tert-OH is 2. The summed E-state index contributed by atoms with van der Waals surface area (Å²) < 4.78 is 40.7. The molecular formula is C59H73FN8O15. The van der Waals surface area contributed by atoms with Crippen molar-refractivity contribution in [3.05, 3.63) is 98.0 Å². The summed E-state index contributed by atoms with van der Waals surface area (Å²) in [7, 11) is 1.36. The molecule has 10 atom stereocenters. The topological polar surface area (TPSA) is 334 Å². The van der Waals surface area contributed by atoms with Crippen molar-refractivity contribution < 1.29 is 73.2 Å². The second kappa shape index (κ2) is 23.6. The number of aryl methyl sites for hydroxylation is 1. The van der Waals surface area contributed by atoms with Crippen LogP contribution < -0.4 is 32.0 Å². The third kappa shape index (κ3) is 11.3. The number of nitrogens with one attached hydrogen (secondary N) is 1. The van der Waals surface area contributed by atoms with Crippen molar-refractivity contribution >= 4 is 57.5 Å². The molecule has 83 heavy (non-hydrogen) atoms. The molecule has 1 unspecified atom stereocenters. The maximum Gasteiger partial charge on any atom is 0.341 e. The van der Waals surface area contributed by atoms with Gasteiger partial charge in [-0.15, -0.1) is 0 Å². The first kappa shape index (κ1) is 60.0. The number of hydrogen-bond acceptors (Lipinski definition) is 20. The predicted molar refractivity (Wildman–Crippen MR) is 305 cm³/mol. The third-order valence-corrected chi connectivity index (χ3v) is 17.0. The number of carbonyl (C=O) groups is 4. The van der Waals surface area contributed by atoms with Gasteiger partial charge < -0.3 is 71.3 Å². The normalized spacial score (nSPS) is 29.0. The quantitative estimate of drug-likeness (QED) is 0.0489. The Morgan fingerprint density at radius 2 is 1.64 bits per heavy atom. The van der Waals surface area contributed by atoms with Crippen molar-refractivity contribution in [2.24, 2.45) is 34.3 Å². The molecular weight excluding hydrogens is 1080 g/mol. The average molecular weight is 1150 g/mol. The number of pyridine rings is 2. The molecule has 7 heterocycles. The highest BCUT2D eigenvalue weighted by molar-refractivity contribution is 6.24. The number of phenols is 3. The summed E-state index contributed by atoms with van der Waals surface area (Å²) in [5.74, 6) is -9.86. The smallest absolute Gasteiger partial charge is 0.341 e. The number of ether oxygens (including phenoxy) is 4. The van der Waals surface area contributed by atoms with Crippen LogP contribution in [0.2, 0.25) is 0 Å². The number of fused-ring (bicyclic) bond motifs is 15. The fourth-order valence-corrected chi connectivity index (χ4v) is 12.0. The zero-order chi connectivity index (χ0) is 60.3. The van der Waals surface area contributed by atoms with Gasteiger partial charge in [-0.1, -0.05) is 32.1 Å². The molecule has 2 aromatic heterocycles. The number of aliphatic hydroxyl groups is 2. The number of phenolic OH excluding ortho intramolecular Hbond substituents is 3. The van der Waals surface area contributed by atoms with Gasteiger partial charge in [-0.3, -0.25) is 33.5 Å². The summed E-state index contributed by atoms with van der Waals surface area (Å²) in [6.45, 7) is 14.1. The predicted octanol–water partition coefficient (Wildman–Crippen LogP) is 4.25. The first-order valence-corrected chi connectivity index (χ1v) is 27.7. The van der Waals surface area contributed by atoms with Gasteiger partial charge in [0.1, 0.15) is 28.9 Å². The summed E-state index contributed by atoms with van der Waals surface area (Å²) in [4.78, 5) is 70.6. The van der Waals surface area contributed by atoms with Crippen LogP contribution in [-0.4, -0.2) is 170 Å². The molecule has 446 valence electrons. The number of nitrogens with two attached hydrogens (primary N) is 2. The van der Waals surface area contributed by atoms with E-state index in [2.05, 4.69) is 10.2 Å². The molecule has 2 saturated heterocycles. The van der Waals surface area contributed by atoms with Gasteiger partial charge in [0.05, 0.1) is 82.5 Å². The number of hydrogen-bond donors (Lipinski definition) is 9. The number of esters is 1. The van der Waals surface area contributed by atoms with Crippen LogP contribution in [0.3, 0.4) is 0 Å². The van der Waals surface area contributed by atoms with E-state index in [1.54, 1.807) is 25.8 Å². The number of carboxylic acids is 1. The number of carbonyl (C=O) groups excluding carboxylic acids is 3. The number of aromatic carboxylic acids is 1. The largest absolute Gasteiger partial charge is 0.507 e. The molecule has 24 heteroatoms. The lowest BCUT2D eigenvalue weighted by Gasteiger charge is -2.37. The summed E-state index contributed by atoms with van der Waals surface area (Å²) in [6, 6.07) is -1.26. The summed E-state index contributed by atoms with van der Waals surface area (Å²) in [5, 5.41) is 77.3. The van der Waals surface area contributed by atoms with Crippen LogP contribution in [0, 0.1) is 37.4 Å². The molecule has 2 aromatic carbocycles. The van der Waals surface area contributed by atoms with E-state index < -0.39 is 106 Å². The number of anilines is 2. The molecule has 0 spiro atoms. The van der Waals surface area contributed by atoms with Crippen molar-refractivity contribution in [3.8, 4) is 23.0 Å². The van der Waals surface area contributed by atoms with Gasteiger partial charge in [-0.05, 0) is 75.1 Å². The van der Waals surface area contributed by atoms with Crippen molar-refractivity contribution in [1.29, 1.82) is 0 Å². The summed E-state index contributed by atoms with van der Waals surface area (Å²) in [6.07, 6.45) is 6.55. The highest BCUT2D eigenvalue weighted by atomic mass is 19.1. The van der Waals surface area contributed by atoms with E-state index in [-0.39, 0.29) is 61.9 Å². The molecule has 1 saturated carbocycles. The first-order chi connectivity index (χ1) is 39.3. The molecule has 5 aliphatic heterocycles. The molecule has 3 fully saturated rings. The fourth-order valence-electron chi connectivity index (χ4n) is 12.0. The Morgan fingerprint density at radius 3 is 2.29 bits per heavy atom. The van der Waals surface area contributed by atoms with Crippen LogP contribution in [0.4, 0.5) is 15.8 Å². The zero-order valence-electron chi connectivity index (χ0n) is 47.6. The van der Waals surface area contributed by atoms with Crippen LogP contribution >= 0.6 is 0 Å². The standard InChI is InChI=1S/C59H73FN8O15/c1-27-10-9-11-28(2)56(76)64-45-37(23-63-67-19-17-65(18-20-67)24-33-14-16-66(25-33)47-30(4)46-35(34-12-13-34)22-36(58(78)79)57(77)68(46)26-38(47)60)50(72)40-41(51(45)73)49(71)31(5)53-42(40)55(75)59(7,83-53)81-21-15-39(80-8)29(3)54(82-32(6)69)44(62)52(74)43(61)48(27)70/h9-11,15,21-23,26-27,29,33-34,39,43-44,48,52,54,70-74H,12-14,16-20,24-25,61-62H2,1-8H3,(H,64,76)(H,78,79)/b10-9+,21-15+,28-11-,63-23+/t27-,29+,33?,39-,43+,44+,48-,52+,54+,59-/m0/s1. The molecule has 4 aromatic rings. The van der Waals surface area contributed by atoms with Crippen molar-refractivity contribution in [2.75, 3.05) is 63.1 Å². The Bertz CT molecular complexity index is 3460. The highest BCUT2D eigenvalue weighted by Crippen LogP contribution is 2.55. The Kier molecular flexibility index (Phi) is 17.0. The van der Waals surface area contributed by atoms with Crippen molar-refractivity contribution in [2.45, 2.75) is 116 Å². The number of piperazine rings is 1. The van der Waals surface area contributed by atoms with Crippen LogP contribution in [0.5, 0.6) is 23.0 Å². The molecule has 23 nitrogen and oxygen atoms in total. The SMILES string of the molecule is CO[C@H]1/C=C/O[C@@]2(C)Oc3c(C)c(O)c4c(O)c(c(/C=N/N5CCN(CC6CCN(c7c(F)cn8c(=O)c(C(=O)O)cc(C9CC9)c8c7C)C6)CC5)c(O)c4c3C2=O)NC(=O)/C(C)=C\C=C\[C@H](C)[C@H](O)[C@@H](N)[C@@H](O)[C@@H](N)[C@H](OC(C)=O)[C@@H]1C. The minimum absolute atomic E-state index is 0.0100. The minimum Gasteiger partial charge on any atom is -0.507 e. The minimum atomic E-state index is -2.15. The maximum atomic E-state index is 16.1. The van der Waals surface area contributed by atoms with E-state index >= 15 is 4.39 Å². The van der Waals surface area contributed by atoms with Gasteiger partial charge in [0.2, 0.25) is 0 Å². The lowest BCUT2D eigenvalue weighted by molar-refractivity contribution is -0.155. The number of methoxy groups -OCH3 is 1. The number of benzene rings is 2. The number of halogens is 1. The van der Waals surface area contributed by atoms with Gasteiger partial charge in [-0.2, -0.15) is 5.10 Å². The van der Waals surface area contributed by atoms with E-state index in [1.165, 1.54) is 64.5 Å². The van der Waals surface area contributed by atoms with Gasteiger partial charge in [0, 0.05) is 95.1 Å². The lowest BCUT2D eigenvalue weighted by atomic mass is 9.84. The summed E-state index contributed by atoms with van der Waals surface area (Å²) in [5.41, 5.74) is 13.2. The monoisotopic (exact) mass is 1150 g/mol. The number of carboxylic acid groups (broad SMARTS) is 1. The van der Waals surface area contributed by atoms with Crippen LogP contribution in [-0.2, 0) is 23.8 Å². The molecule has 0 radical (unpaired) electrons. The van der Waals surface area contributed by atoms with Gasteiger partial charge >= 0.3 is 17.7 Å². The fraction of sp³-hybridized carbons (Fsp3) is 0.492. The molecule has 5 bridgehead atoms. The molecule has 1 amide bonds. The number of allylic oxidation sites excluding steroid dienone is 2. The van der Waals surface area contributed by atoms with E-state index in [0.29, 0.717) is 62.6 Å². The summed E-state index contributed by atoms with van der Waals surface area (Å²) >= 11 is 0. The average Bonchev–Trinajstić information content (AvgIpc) is 2.51. The number of aromatic nitrogens is 1. The van der Waals surface area contributed by atoms with Crippen LogP contribution in [0.1, 0.15) is 103 Å². The van der Waals surface area contributed by atoms with Gasteiger partial charge in [0.15, 0.2) is 11.6 Å². The van der Waals surface area contributed by atoms with Crippen LogP contribution in [0.25, 0.3) is 16.3 Å². The zero-order valence-corrected chi connectivity index (χ0v) is 47.6. The second-order valence-corrected chi connectivity index (χ2v) is 22.7. The Hall–Kier alpha value is -7.61. The molecule has 10 rings (SSSR count). The first-order valence-electron chi connectivity index (χ1n) is 27.7. The number of hydrazone groups is 1. The number of rotatable bonds is 9. The molecule has 1 aliphatic carbocycles.